The zero-order valence-corrected chi connectivity index (χ0v) is 12.0. The molecule has 0 saturated heterocycles. The van der Waals surface area contributed by atoms with Crippen LogP contribution in [0.3, 0.4) is 0 Å². The molecule has 0 atom stereocenters. The lowest BCUT2D eigenvalue weighted by Gasteiger charge is -2.05. The lowest BCUT2D eigenvalue weighted by molar-refractivity contribution is 0.102. The zero-order valence-electron chi connectivity index (χ0n) is 11.2. The van der Waals surface area contributed by atoms with Crippen molar-refractivity contribution in [2.45, 2.75) is 0 Å². The summed E-state index contributed by atoms with van der Waals surface area (Å²) in [5.74, 6) is -1.06. The van der Waals surface area contributed by atoms with Crippen LogP contribution >= 0.6 is 11.6 Å². The summed E-state index contributed by atoms with van der Waals surface area (Å²) in [7, 11) is 0. The van der Waals surface area contributed by atoms with Crippen LogP contribution < -0.4 is 5.32 Å². The molecule has 3 aromatic rings. The number of anilines is 1. The Bertz CT molecular complexity index is 815. The molecule has 0 aliphatic heterocycles. The van der Waals surface area contributed by atoms with E-state index < -0.39 is 11.7 Å². The maximum Gasteiger partial charge on any atom is 0.261 e. The van der Waals surface area contributed by atoms with E-state index in [0.29, 0.717) is 10.6 Å². The first-order valence-electron chi connectivity index (χ1n) is 6.41. The van der Waals surface area contributed by atoms with Gasteiger partial charge in [-0.3, -0.25) is 10.1 Å². The van der Waals surface area contributed by atoms with E-state index in [0.717, 1.165) is 5.56 Å². The van der Waals surface area contributed by atoms with E-state index in [9.17, 15) is 9.18 Å². The molecule has 3 rings (SSSR count). The quantitative estimate of drug-likeness (QED) is 0.779. The van der Waals surface area contributed by atoms with Gasteiger partial charge in [0.05, 0.1) is 17.3 Å². The lowest BCUT2D eigenvalue weighted by Crippen LogP contribution is -2.13. The molecule has 4 nitrogen and oxygen atoms in total. The molecule has 1 heterocycles. The van der Waals surface area contributed by atoms with Crippen LogP contribution in [-0.4, -0.2) is 11.1 Å². The summed E-state index contributed by atoms with van der Waals surface area (Å²) in [6.45, 7) is 0. The Morgan fingerprint density at radius 2 is 1.86 bits per heavy atom. The van der Waals surface area contributed by atoms with Crippen molar-refractivity contribution in [1.29, 1.82) is 0 Å². The highest BCUT2D eigenvalue weighted by Gasteiger charge is 2.16. The Labute approximate surface area is 130 Å². The van der Waals surface area contributed by atoms with Gasteiger partial charge in [0.15, 0.2) is 0 Å². The minimum atomic E-state index is -0.606. The van der Waals surface area contributed by atoms with Gasteiger partial charge < -0.3 is 4.52 Å². The van der Waals surface area contributed by atoms with Crippen molar-refractivity contribution in [1.82, 2.24) is 5.16 Å². The molecule has 0 fully saturated rings. The highest BCUT2D eigenvalue weighted by atomic mass is 35.5. The molecular formula is C16H10ClFN2O2. The first kappa shape index (κ1) is 14.3. The van der Waals surface area contributed by atoms with Crippen LogP contribution in [0, 0.1) is 5.82 Å². The summed E-state index contributed by atoms with van der Waals surface area (Å²) < 4.78 is 18.7. The number of hydrogen-bond acceptors (Lipinski definition) is 3. The number of rotatable bonds is 3. The van der Waals surface area contributed by atoms with E-state index >= 15 is 0 Å². The van der Waals surface area contributed by atoms with E-state index in [-0.39, 0.29) is 11.4 Å². The molecule has 0 aliphatic rings. The number of carbonyl (C=O) groups excluding carboxylic acids is 1. The van der Waals surface area contributed by atoms with E-state index in [1.54, 1.807) is 30.3 Å². The molecule has 1 amide bonds. The van der Waals surface area contributed by atoms with Gasteiger partial charge in [-0.05, 0) is 29.8 Å². The third kappa shape index (κ3) is 2.84. The fourth-order valence-corrected chi connectivity index (χ4v) is 2.11. The van der Waals surface area contributed by atoms with Gasteiger partial charge in [-0.2, -0.15) is 0 Å². The summed E-state index contributed by atoms with van der Waals surface area (Å²) in [4.78, 5) is 12.1. The number of carbonyl (C=O) groups is 1. The van der Waals surface area contributed by atoms with Crippen molar-refractivity contribution in [2.75, 3.05) is 5.32 Å². The number of halogens is 2. The van der Waals surface area contributed by atoms with Crippen LogP contribution in [0.2, 0.25) is 5.02 Å². The molecule has 6 heteroatoms. The number of hydrogen-bond donors (Lipinski definition) is 1. The Hall–Kier alpha value is -2.66. The standard InChI is InChI=1S/C16H10ClFN2O2/c17-11-7-5-10(6-8-11)13-9-19-22-16(13)20-15(21)12-3-1-2-4-14(12)18/h1-9H,(H,20,21). The van der Waals surface area contributed by atoms with Gasteiger partial charge in [-0.1, -0.05) is 41.0 Å². The topological polar surface area (TPSA) is 55.1 Å². The van der Waals surface area contributed by atoms with Crippen LogP contribution in [0.25, 0.3) is 11.1 Å². The molecule has 0 spiro atoms. The first-order valence-corrected chi connectivity index (χ1v) is 6.79. The normalized spacial score (nSPS) is 10.5. The lowest BCUT2D eigenvalue weighted by atomic mass is 10.1. The smallest absolute Gasteiger partial charge is 0.261 e. The van der Waals surface area contributed by atoms with Gasteiger partial charge in [0, 0.05) is 5.02 Å². The number of nitrogens with one attached hydrogen (secondary N) is 1. The fraction of sp³-hybridized carbons (Fsp3) is 0. The van der Waals surface area contributed by atoms with E-state index in [4.69, 9.17) is 16.1 Å². The van der Waals surface area contributed by atoms with Crippen molar-refractivity contribution in [3.8, 4) is 11.1 Å². The van der Waals surface area contributed by atoms with Gasteiger partial charge in [0.1, 0.15) is 5.82 Å². The van der Waals surface area contributed by atoms with Crippen molar-refractivity contribution in [3.63, 3.8) is 0 Å². The fourth-order valence-electron chi connectivity index (χ4n) is 1.98. The molecule has 0 radical (unpaired) electrons. The molecule has 2 aromatic carbocycles. The monoisotopic (exact) mass is 316 g/mol. The minimum absolute atomic E-state index is 0.0686. The van der Waals surface area contributed by atoms with Gasteiger partial charge >= 0.3 is 0 Å². The molecule has 0 bridgehead atoms. The maximum atomic E-state index is 13.6. The van der Waals surface area contributed by atoms with E-state index in [2.05, 4.69) is 10.5 Å². The van der Waals surface area contributed by atoms with Gasteiger partial charge in [-0.25, -0.2) is 4.39 Å². The van der Waals surface area contributed by atoms with Crippen molar-refractivity contribution < 1.29 is 13.7 Å². The Kier molecular flexibility index (Phi) is 3.89. The number of aromatic nitrogens is 1. The summed E-state index contributed by atoms with van der Waals surface area (Å²) >= 11 is 5.84. The number of nitrogens with zero attached hydrogens (tertiary/aromatic N) is 1. The predicted octanol–water partition coefficient (Wildman–Crippen LogP) is 4.39. The van der Waals surface area contributed by atoms with Crippen molar-refractivity contribution in [2.24, 2.45) is 0 Å². The molecule has 110 valence electrons. The van der Waals surface area contributed by atoms with Crippen LogP contribution in [0.4, 0.5) is 10.3 Å². The summed E-state index contributed by atoms with van der Waals surface area (Å²) in [5.41, 5.74) is 1.29. The first-order chi connectivity index (χ1) is 10.6. The molecule has 0 saturated carbocycles. The second kappa shape index (κ2) is 5.99. The second-order valence-corrected chi connectivity index (χ2v) is 4.95. The molecule has 0 unspecified atom stereocenters. The molecule has 1 N–H and O–H groups in total. The third-order valence-electron chi connectivity index (χ3n) is 3.07. The van der Waals surface area contributed by atoms with Crippen LogP contribution in [0.5, 0.6) is 0 Å². The Balaban J connectivity index is 1.88. The molecule has 1 aromatic heterocycles. The average Bonchev–Trinajstić information content (AvgIpc) is 2.96. The van der Waals surface area contributed by atoms with Crippen molar-refractivity contribution in [3.05, 3.63) is 71.1 Å². The summed E-state index contributed by atoms with van der Waals surface area (Å²) in [5, 5.41) is 6.79. The molecular weight excluding hydrogens is 307 g/mol. The third-order valence-corrected chi connectivity index (χ3v) is 3.32. The SMILES string of the molecule is O=C(Nc1oncc1-c1ccc(Cl)cc1)c1ccccc1F. The van der Waals surface area contributed by atoms with Crippen LogP contribution in [0.1, 0.15) is 10.4 Å². The van der Waals surface area contributed by atoms with E-state index in [1.807, 2.05) is 0 Å². The Morgan fingerprint density at radius 1 is 1.14 bits per heavy atom. The van der Waals surface area contributed by atoms with Crippen LogP contribution in [0.15, 0.2) is 59.3 Å². The minimum Gasteiger partial charge on any atom is -0.338 e. The number of benzene rings is 2. The van der Waals surface area contributed by atoms with Crippen molar-refractivity contribution >= 4 is 23.4 Å². The highest BCUT2D eigenvalue weighted by Crippen LogP contribution is 2.29. The Morgan fingerprint density at radius 3 is 2.59 bits per heavy atom. The summed E-state index contributed by atoms with van der Waals surface area (Å²) in [6.07, 6.45) is 1.47. The largest absolute Gasteiger partial charge is 0.338 e. The zero-order chi connectivity index (χ0) is 15.5. The maximum absolute atomic E-state index is 13.6. The highest BCUT2D eigenvalue weighted by molar-refractivity contribution is 6.30. The van der Waals surface area contributed by atoms with Crippen LogP contribution in [-0.2, 0) is 0 Å². The second-order valence-electron chi connectivity index (χ2n) is 4.51. The molecule has 0 aliphatic carbocycles. The molecule has 22 heavy (non-hydrogen) atoms. The summed E-state index contributed by atoms with van der Waals surface area (Å²) in [6, 6.07) is 12.7. The van der Waals surface area contributed by atoms with Gasteiger partial charge in [0.25, 0.3) is 5.91 Å². The predicted molar refractivity (Wildman–Crippen MR) is 81.3 cm³/mol. The number of amides is 1. The van der Waals surface area contributed by atoms with E-state index in [1.165, 1.54) is 24.4 Å². The average molecular weight is 317 g/mol. The van der Waals surface area contributed by atoms with Gasteiger partial charge in [-0.15, -0.1) is 0 Å². The van der Waals surface area contributed by atoms with Gasteiger partial charge in [0.2, 0.25) is 5.88 Å².